The Kier molecular flexibility index (Phi) is 3.36. The van der Waals surface area contributed by atoms with E-state index in [0.29, 0.717) is 5.82 Å². The molecule has 1 saturated heterocycles. The first kappa shape index (κ1) is 13.7. The third-order valence-corrected chi connectivity index (χ3v) is 3.81. The van der Waals surface area contributed by atoms with Crippen molar-refractivity contribution >= 4 is 12.4 Å². The molecule has 2 fully saturated rings. The van der Waals surface area contributed by atoms with Crippen molar-refractivity contribution in [2.45, 2.75) is 43.4 Å². The summed E-state index contributed by atoms with van der Waals surface area (Å²) in [6.45, 7) is 3.87. The maximum atomic E-state index is 12.9. The van der Waals surface area contributed by atoms with Gasteiger partial charge in [-0.3, -0.25) is 0 Å². The normalized spacial score (nSPS) is 28.5. The van der Waals surface area contributed by atoms with E-state index in [0.717, 1.165) is 25.9 Å². The molecule has 1 aromatic rings. The molecule has 2 aliphatic rings. The predicted octanol–water partition coefficient (Wildman–Crippen LogP) is 2.26. The average molecular weight is 280 g/mol. The smallest absolute Gasteiger partial charge is 0.260 e. The number of hydrogen-bond donors (Lipinski definition) is 1. The van der Waals surface area contributed by atoms with Crippen molar-refractivity contribution in [2.75, 3.05) is 13.1 Å². The Morgan fingerprint density at radius 2 is 1.94 bits per heavy atom. The summed E-state index contributed by atoms with van der Waals surface area (Å²) in [6, 6.07) is 0. The van der Waals surface area contributed by atoms with E-state index in [2.05, 4.69) is 22.4 Å². The molecule has 4 nitrogen and oxygen atoms in total. The molecule has 1 unspecified atom stereocenters. The molecule has 0 bridgehead atoms. The number of alkyl halides is 2. The number of rotatable bonds is 2. The topological polar surface area (TPSA) is 51.0 Å². The van der Waals surface area contributed by atoms with Crippen molar-refractivity contribution in [2.24, 2.45) is 0 Å². The van der Waals surface area contributed by atoms with Crippen LogP contribution in [0.5, 0.6) is 0 Å². The lowest BCUT2D eigenvalue weighted by Gasteiger charge is -2.30. The van der Waals surface area contributed by atoms with Crippen molar-refractivity contribution in [1.29, 1.82) is 0 Å². The molecular weight excluding hydrogens is 264 g/mol. The lowest BCUT2D eigenvalue weighted by atomic mass is 9.80. The van der Waals surface area contributed by atoms with E-state index in [1.54, 1.807) is 0 Å². The molecule has 0 aromatic carbocycles. The second-order valence-corrected chi connectivity index (χ2v) is 5.28. The van der Waals surface area contributed by atoms with Crippen LogP contribution in [0.1, 0.15) is 43.8 Å². The van der Waals surface area contributed by atoms with Crippen molar-refractivity contribution in [3.8, 4) is 0 Å². The summed E-state index contributed by atoms with van der Waals surface area (Å²) >= 11 is 0. The van der Waals surface area contributed by atoms with Crippen LogP contribution >= 0.6 is 12.4 Å². The number of halogens is 3. The van der Waals surface area contributed by atoms with Crippen LogP contribution in [0.3, 0.4) is 0 Å². The lowest BCUT2D eigenvalue weighted by Crippen LogP contribution is -2.38. The molecule has 1 aromatic heterocycles. The fourth-order valence-corrected chi connectivity index (χ4v) is 2.31. The standard InChI is InChI=1S/C11H15F2N3O.ClH/c1-10(2-4-14-5-3-10)9-15-8(17-16-9)7-6-11(7,12)13;/h7,14H,2-6H2,1H3;1H. The van der Waals surface area contributed by atoms with Crippen LogP contribution in [0.2, 0.25) is 0 Å². The Hall–Kier alpha value is -0.750. The molecule has 0 spiro atoms. The molecular formula is C11H16ClF2N3O. The Balaban J connectivity index is 0.00000120. The number of hydrogen-bond acceptors (Lipinski definition) is 4. The predicted molar refractivity (Wildman–Crippen MR) is 63.3 cm³/mol. The van der Waals surface area contributed by atoms with Crippen LogP contribution in [0.25, 0.3) is 0 Å². The summed E-state index contributed by atoms with van der Waals surface area (Å²) in [5.74, 6) is -2.81. The van der Waals surface area contributed by atoms with Crippen LogP contribution in [0.4, 0.5) is 8.78 Å². The molecule has 7 heteroatoms. The van der Waals surface area contributed by atoms with Gasteiger partial charge in [0.25, 0.3) is 5.92 Å². The lowest BCUT2D eigenvalue weighted by molar-refractivity contribution is 0.106. The minimum Gasteiger partial charge on any atom is -0.339 e. The summed E-state index contributed by atoms with van der Waals surface area (Å²) in [5.41, 5.74) is -0.142. The highest BCUT2D eigenvalue weighted by atomic mass is 35.5. The molecule has 1 aliphatic carbocycles. The van der Waals surface area contributed by atoms with E-state index < -0.39 is 11.8 Å². The van der Waals surface area contributed by atoms with Gasteiger partial charge in [-0.15, -0.1) is 12.4 Å². The van der Waals surface area contributed by atoms with Crippen molar-refractivity contribution in [3.05, 3.63) is 11.7 Å². The highest BCUT2D eigenvalue weighted by Crippen LogP contribution is 2.55. The van der Waals surface area contributed by atoms with Crippen molar-refractivity contribution in [1.82, 2.24) is 15.5 Å². The fraction of sp³-hybridized carbons (Fsp3) is 0.818. The van der Waals surface area contributed by atoms with Gasteiger partial charge in [0.15, 0.2) is 5.82 Å². The van der Waals surface area contributed by atoms with Crippen LogP contribution < -0.4 is 5.32 Å². The highest BCUT2D eigenvalue weighted by Gasteiger charge is 2.61. The summed E-state index contributed by atoms with van der Waals surface area (Å²) in [7, 11) is 0. The van der Waals surface area contributed by atoms with Gasteiger partial charge >= 0.3 is 0 Å². The van der Waals surface area contributed by atoms with Crippen LogP contribution in [-0.4, -0.2) is 29.2 Å². The van der Waals surface area contributed by atoms with E-state index in [-0.39, 0.29) is 30.1 Å². The largest absolute Gasteiger partial charge is 0.339 e. The van der Waals surface area contributed by atoms with Gasteiger partial charge in [-0.1, -0.05) is 12.1 Å². The zero-order valence-electron chi connectivity index (χ0n) is 10.1. The van der Waals surface area contributed by atoms with Gasteiger partial charge in [-0.25, -0.2) is 8.78 Å². The molecule has 0 radical (unpaired) electrons. The van der Waals surface area contributed by atoms with Gasteiger partial charge in [0.1, 0.15) is 5.92 Å². The molecule has 2 heterocycles. The molecule has 1 N–H and O–H groups in total. The summed E-state index contributed by atoms with van der Waals surface area (Å²) in [5, 5.41) is 7.15. The van der Waals surface area contributed by atoms with E-state index in [1.165, 1.54) is 0 Å². The van der Waals surface area contributed by atoms with Gasteiger partial charge in [0, 0.05) is 11.8 Å². The van der Waals surface area contributed by atoms with E-state index in [4.69, 9.17) is 4.52 Å². The van der Waals surface area contributed by atoms with Gasteiger partial charge < -0.3 is 9.84 Å². The number of nitrogens with one attached hydrogen (secondary N) is 1. The minimum absolute atomic E-state index is 0. The summed E-state index contributed by atoms with van der Waals surface area (Å²) in [6.07, 6.45) is 1.66. The second kappa shape index (κ2) is 4.42. The highest BCUT2D eigenvalue weighted by molar-refractivity contribution is 5.85. The van der Waals surface area contributed by atoms with Gasteiger partial charge in [-0.05, 0) is 25.9 Å². The Morgan fingerprint density at radius 1 is 1.33 bits per heavy atom. The Morgan fingerprint density at radius 3 is 2.50 bits per heavy atom. The first-order chi connectivity index (χ1) is 8.01. The van der Waals surface area contributed by atoms with Gasteiger partial charge in [0.2, 0.25) is 5.89 Å². The van der Waals surface area contributed by atoms with Crippen LogP contribution in [-0.2, 0) is 5.41 Å². The number of aromatic nitrogens is 2. The Bertz CT molecular complexity index is 432. The fourth-order valence-electron chi connectivity index (χ4n) is 2.31. The van der Waals surface area contributed by atoms with Crippen molar-refractivity contribution < 1.29 is 13.3 Å². The average Bonchev–Trinajstić information content (AvgIpc) is 2.76. The molecule has 0 amide bonds. The number of piperidine rings is 1. The second-order valence-electron chi connectivity index (χ2n) is 5.28. The molecule has 1 atom stereocenters. The quantitative estimate of drug-likeness (QED) is 0.902. The minimum atomic E-state index is -2.64. The zero-order chi connectivity index (χ0) is 12.1. The molecule has 1 saturated carbocycles. The maximum Gasteiger partial charge on any atom is 0.260 e. The zero-order valence-corrected chi connectivity index (χ0v) is 10.9. The van der Waals surface area contributed by atoms with Crippen LogP contribution in [0, 0.1) is 0 Å². The van der Waals surface area contributed by atoms with Crippen molar-refractivity contribution in [3.63, 3.8) is 0 Å². The molecule has 102 valence electrons. The van der Waals surface area contributed by atoms with Crippen LogP contribution in [0.15, 0.2) is 4.52 Å². The summed E-state index contributed by atoms with van der Waals surface area (Å²) < 4.78 is 30.8. The third-order valence-electron chi connectivity index (χ3n) is 3.81. The van der Waals surface area contributed by atoms with E-state index >= 15 is 0 Å². The van der Waals surface area contributed by atoms with E-state index in [1.807, 2.05) is 0 Å². The number of nitrogens with zero attached hydrogens (tertiary/aromatic N) is 2. The SMILES string of the molecule is CC1(c2noc(C3CC3(F)F)n2)CCNCC1.Cl. The monoisotopic (exact) mass is 279 g/mol. The molecule has 3 rings (SSSR count). The molecule has 18 heavy (non-hydrogen) atoms. The molecule has 1 aliphatic heterocycles. The maximum absolute atomic E-state index is 12.9. The summed E-state index contributed by atoms with van der Waals surface area (Å²) in [4.78, 5) is 4.18. The Labute approximate surface area is 110 Å². The van der Waals surface area contributed by atoms with Gasteiger partial charge in [-0.2, -0.15) is 4.98 Å². The first-order valence-corrected chi connectivity index (χ1v) is 5.94. The van der Waals surface area contributed by atoms with Gasteiger partial charge in [0.05, 0.1) is 0 Å². The van der Waals surface area contributed by atoms with E-state index in [9.17, 15) is 8.78 Å². The third kappa shape index (κ3) is 2.23. The first-order valence-electron chi connectivity index (χ1n) is 5.94.